The van der Waals surface area contributed by atoms with Gasteiger partial charge in [0.05, 0.1) is 12.4 Å². The number of nitrogens with zero attached hydrogens (tertiary/aromatic N) is 2. The minimum Gasteiger partial charge on any atom is -0.396 e. The van der Waals surface area contributed by atoms with Gasteiger partial charge >= 0.3 is 0 Å². The third kappa shape index (κ3) is 2.45. The Kier molecular flexibility index (Phi) is 2.85. The maximum absolute atomic E-state index is 8.56. The number of aliphatic hydroxyl groups is 1. The maximum Gasteiger partial charge on any atom is 0.229 e. The number of hydrogen-bond acceptors (Lipinski definition) is 5. The Bertz CT molecular complexity index is 273. The van der Waals surface area contributed by atoms with Crippen LogP contribution in [-0.2, 0) is 5.75 Å². The molecule has 72 valence electrons. The fourth-order valence-electron chi connectivity index (χ4n) is 1.05. The third-order valence-electron chi connectivity index (χ3n) is 1.88. The molecule has 0 spiro atoms. The van der Waals surface area contributed by atoms with Gasteiger partial charge < -0.3 is 9.63 Å². The average molecular weight is 200 g/mol. The monoisotopic (exact) mass is 200 g/mol. The topological polar surface area (TPSA) is 59.2 Å². The Labute approximate surface area is 80.7 Å². The second kappa shape index (κ2) is 4.11. The Morgan fingerprint density at radius 2 is 2.38 bits per heavy atom. The molecule has 2 rings (SSSR count). The molecule has 5 heteroatoms. The van der Waals surface area contributed by atoms with Crippen LogP contribution in [0, 0.1) is 0 Å². The van der Waals surface area contributed by atoms with Crippen molar-refractivity contribution in [1.29, 1.82) is 0 Å². The summed E-state index contributed by atoms with van der Waals surface area (Å²) in [5, 5.41) is 12.4. The van der Waals surface area contributed by atoms with E-state index in [9.17, 15) is 0 Å². The Morgan fingerprint density at radius 1 is 1.54 bits per heavy atom. The third-order valence-corrected chi connectivity index (χ3v) is 2.81. The Balaban J connectivity index is 1.82. The number of aliphatic hydroxyl groups excluding tert-OH is 1. The molecule has 0 saturated heterocycles. The molecule has 0 aromatic carbocycles. The van der Waals surface area contributed by atoms with E-state index in [1.165, 1.54) is 12.8 Å². The van der Waals surface area contributed by atoms with Crippen LogP contribution >= 0.6 is 11.8 Å². The molecule has 0 amide bonds. The molecule has 1 N–H and O–H groups in total. The van der Waals surface area contributed by atoms with Crippen LogP contribution in [0.25, 0.3) is 0 Å². The molecule has 1 aliphatic rings. The molecule has 4 nitrogen and oxygen atoms in total. The highest BCUT2D eigenvalue weighted by molar-refractivity contribution is 7.98. The van der Waals surface area contributed by atoms with Crippen LogP contribution in [0.2, 0.25) is 0 Å². The van der Waals surface area contributed by atoms with Crippen LogP contribution in [-0.4, -0.2) is 27.6 Å². The first-order valence-corrected chi connectivity index (χ1v) is 5.56. The first-order valence-electron chi connectivity index (χ1n) is 4.41. The van der Waals surface area contributed by atoms with Gasteiger partial charge in [-0.15, -0.1) is 0 Å². The van der Waals surface area contributed by atoms with E-state index in [1.54, 1.807) is 11.8 Å². The van der Waals surface area contributed by atoms with Crippen molar-refractivity contribution in [3.8, 4) is 0 Å². The second-order valence-electron chi connectivity index (χ2n) is 3.10. The van der Waals surface area contributed by atoms with Gasteiger partial charge in [0.1, 0.15) is 0 Å². The highest BCUT2D eigenvalue weighted by Crippen LogP contribution is 2.38. The van der Waals surface area contributed by atoms with Crippen molar-refractivity contribution in [3.05, 3.63) is 11.7 Å². The van der Waals surface area contributed by atoms with Crippen LogP contribution < -0.4 is 0 Å². The zero-order valence-corrected chi connectivity index (χ0v) is 8.09. The molecule has 0 aliphatic heterocycles. The van der Waals surface area contributed by atoms with Gasteiger partial charge in [-0.05, 0) is 12.8 Å². The van der Waals surface area contributed by atoms with Gasteiger partial charge in [0.25, 0.3) is 0 Å². The number of hydrogen-bond donors (Lipinski definition) is 1. The summed E-state index contributed by atoms with van der Waals surface area (Å²) in [7, 11) is 0. The SMILES string of the molecule is OCCSCc1noc(C2CC2)n1. The zero-order valence-electron chi connectivity index (χ0n) is 7.27. The summed E-state index contributed by atoms with van der Waals surface area (Å²) < 4.78 is 5.08. The average Bonchev–Trinajstić information content (AvgIpc) is 2.88. The van der Waals surface area contributed by atoms with Crippen molar-refractivity contribution >= 4 is 11.8 Å². The lowest BCUT2D eigenvalue weighted by molar-refractivity contribution is 0.322. The minimum atomic E-state index is 0.206. The van der Waals surface area contributed by atoms with Gasteiger partial charge in [0.15, 0.2) is 5.82 Å². The van der Waals surface area contributed by atoms with Crippen molar-refractivity contribution in [2.75, 3.05) is 12.4 Å². The van der Waals surface area contributed by atoms with Crippen molar-refractivity contribution in [2.24, 2.45) is 0 Å². The summed E-state index contributed by atoms with van der Waals surface area (Å²) in [6.07, 6.45) is 2.37. The summed E-state index contributed by atoms with van der Waals surface area (Å²) in [6.45, 7) is 0.206. The molecule has 1 fully saturated rings. The van der Waals surface area contributed by atoms with Gasteiger partial charge in [-0.2, -0.15) is 16.7 Å². The molecule has 1 saturated carbocycles. The number of rotatable bonds is 5. The van der Waals surface area contributed by atoms with E-state index < -0.39 is 0 Å². The van der Waals surface area contributed by atoms with Crippen LogP contribution in [0.3, 0.4) is 0 Å². The Hall–Kier alpha value is -0.550. The first kappa shape index (κ1) is 9.02. The van der Waals surface area contributed by atoms with E-state index in [0.29, 0.717) is 5.92 Å². The molecule has 0 bridgehead atoms. The van der Waals surface area contributed by atoms with Gasteiger partial charge in [0.2, 0.25) is 5.89 Å². The maximum atomic E-state index is 8.56. The molecule has 1 aromatic rings. The summed E-state index contributed by atoms with van der Waals surface area (Å²) in [5.41, 5.74) is 0. The summed E-state index contributed by atoms with van der Waals surface area (Å²) in [4.78, 5) is 4.26. The molecule has 0 radical (unpaired) electrons. The molecule has 1 heterocycles. The van der Waals surface area contributed by atoms with Gasteiger partial charge in [-0.3, -0.25) is 0 Å². The highest BCUT2D eigenvalue weighted by Gasteiger charge is 2.29. The fraction of sp³-hybridized carbons (Fsp3) is 0.750. The summed E-state index contributed by atoms with van der Waals surface area (Å²) >= 11 is 1.62. The smallest absolute Gasteiger partial charge is 0.229 e. The normalized spacial score (nSPS) is 16.4. The van der Waals surface area contributed by atoms with Crippen molar-refractivity contribution in [1.82, 2.24) is 10.1 Å². The van der Waals surface area contributed by atoms with Gasteiger partial charge in [-0.1, -0.05) is 5.16 Å². The lowest BCUT2D eigenvalue weighted by atomic mass is 10.4. The summed E-state index contributed by atoms with van der Waals surface area (Å²) in [6, 6.07) is 0. The van der Waals surface area contributed by atoms with Crippen molar-refractivity contribution in [3.63, 3.8) is 0 Å². The Morgan fingerprint density at radius 3 is 3.08 bits per heavy atom. The lowest BCUT2D eigenvalue weighted by Gasteiger charge is -1.91. The predicted molar refractivity (Wildman–Crippen MR) is 49.5 cm³/mol. The van der Waals surface area contributed by atoms with Crippen molar-refractivity contribution < 1.29 is 9.63 Å². The van der Waals surface area contributed by atoms with Crippen molar-refractivity contribution in [2.45, 2.75) is 24.5 Å². The minimum absolute atomic E-state index is 0.206. The molecule has 1 aliphatic carbocycles. The van der Waals surface area contributed by atoms with Gasteiger partial charge in [0, 0.05) is 11.7 Å². The molecule has 13 heavy (non-hydrogen) atoms. The second-order valence-corrected chi connectivity index (χ2v) is 4.20. The molecular weight excluding hydrogens is 188 g/mol. The predicted octanol–water partition coefficient (Wildman–Crippen LogP) is 1.17. The van der Waals surface area contributed by atoms with Crippen LogP contribution in [0.5, 0.6) is 0 Å². The van der Waals surface area contributed by atoms with E-state index in [1.807, 2.05) is 0 Å². The molecular formula is C8H12N2O2S. The lowest BCUT2D eigenvalue weighted by Crippen LogP contribution is -1.89. The standard InChI is InChI=1S/C8H12N2O2S/c11-3-4-13-5-7-9-8(12-10-7)6-1-2-6/h6,11H,1-5H2. The van der Waals surface area contributed by atoms with E-state index in [2.05, 4.69) is 10.1 Å². The molecule has 0 unspecified atom stereocenters. The molecule has 0 atom stereocenters. The van der Waals surface area contributed by atoms with E-state index in [4.69, 9.17) is 9.63 Å². The molecule has 1 aromatic heterocycles. The summed E-state index contributed by atoms with van der Waals surface area (Å²) in [5.74, 6) is 3.54. The van der Waals surface area contributed by atoms with Crippen LogP contribution in [0.4, 0.5) is 0 Å². The zero-order chi connectivity index (χ0) is 9.10. The number of thioether (sulfide) groups is 1. The van der Waals surface area contributed by atoms with Crippen LogP contribution in [0.1, 0.15) is 30.5 Å². The highest BCUT2D eigenvalue weighted by atomic mass is 32.2. The fourth-order valence-corrected chi connectivity index (χ4v) is 1.62. The largest absolute Gasteiger partial charge is 0.396 e. The van der Waals surface area contributed by atoms with E-state index in [-0.39, 0.29) is 6.61 Å². The van der Waals surface area contributed by atoms with Crippen LogP contribution in [0.15, 0.2) is 4.52 Å². The number of aromatic nitrogens is 2. The van der Waals surface area contributed by atoms with E-state index in [0.717, 1.165) is 23.2 Å². The first-order chi connectivity index (χ1) is 6.40. The van der Waals surface area contributed by atoms with E-state index >= 15 is 0 Å². The van der Waals surface area contributed by atoms with Gasteiger partial charge in [-0.25, -0.2) is 0 Å². The quantitative estimate of drug-likeness (QED) is 0.723.